The van der Waals surface area contributed by atoms with Crippen molar-refractivity contribution in [2.24, 2.45) is 0 Å². The number of pyridine rings is 1. The average Bonchev–Trinajstić information content (AvgIpc) is 2.36. The van der Waals surface area contributed by atoms with E-state index in [0.29, 0.717) is 25.9 Å². The molecule has 4 nitrogen and oxygen atoms in total. The number of carbonyl (C=O) groups is 1. The summed E-state index contributed by atoms with van der Waals surface area (Å²) in [5.41, 5.74) is 6.34. The molecular weight excluding hydrogens is 388 g/mol. The van der Waals surface area contributed by atoms with E-state index in [0.717, 1.165) is 0 Å². The number of amides is 1. The minimum Gasteiger partial charge on any atom is -0.397 e. The molecule has 0 aliphatic heterocycles. The third-order valence-corrected chi connectivity index (χ3v) is 3.71. The zero-order chi connectivity index (χ0) is 14.9. The van der Waals surface area contributed by atoms with E-state index in [1.807, 2.05) is 0 Å². The first kappa shape index (κ1) is 15.4. The Bertz CT molecular complexity index is 671. The molecule has 104 valence electrons. The van der Waals surface area contributed by atoms with Crippen LogP contribution in [0.2, 0.25) is 15.2 Å². The summed E-state index contributed by atoms with van der Waals surface area (Å²) in [6.45, 7) is 0. The van der Waals surface area contributed by atoms with Gasteiger partial charge in [0.25, 0.3) is 5.91 Å². The Balaban J connectivity index is 2.35. The van der Waals surface area contributed by atoms with E-state index in [1.165, 1.54) is 12.3 Å². The van der Waals surface area contributed by atoms with Gasteiger partial charge in [-0.2, -0.15) is 0 Å². The quantitative estimate of drug-likeness (QED) is 0.728. The zero-order valence-electron chi connectivity index (χ0n) is 9.75. The first-order chi connectivity index (χ1) is 9.38. The topological polar surface area (TPSA) is 68.0 Å². The molecule has 1 amide bonds. The summed E-state index contributed by atoms with van der Waals surface area (Å²) in [5.74, 6) is -0.499. The molecule has 8 heteroatoms. The molecule has 0 bridgehead atoms. The van der Waals surface area contributed by atoms with Gasteiger partial charge in [0.15, 0.2) is 0 Å². The molecule has 0 atom stereocenters. The van der Waals surface area contributed by atoms with E-state index in [1.54, 1.807) is 12.1 Å². The van der Waals surface area contributed by atoms with Crippen molar-refractivity contribution in [3.8, 4) is 0 Å². The fraction of sp³-hybridized carbons (Fsp3) is 0. The number of hydrogen-bond donors (Lipinski definition) is 2. The van der Waals surface area contributed by atoms with Crippen LogP contribution < -0.4 is 11.1 Å². The van der Waals surface area contributed by atoms with E-state index in [9.17, 15) is 4.79 Å². The van der Waals surface area contributed by atoms with Gasteiger partial charge in [0.1, 0.15) is 5.15 Å². The second kappa shape index (κ2) is 6.18. The normalized spacial score (nSPS) is 10.4. The van der Waals surface area contributed by atoms with Crippen LogP contribution in [0.15, 0.2) is 28.9 Å². The number of rotatable bonds is 2. The van der Waals surface area contributed by atoms with E-state index < -0.39 is 5.91 Å². The zero-order valence-corrected chi connectivity index (χ0v) is 13.6. The highest BCUT2D eigenvalue weighted by molar-refractivity contribution is 9.10. The summed E-state index contributed by atoms with van der Waals surface area (Å²) in [5, 5.41) is 3.22. The highest BCUT2D eigenvalue weighted by atomic mass is 79.9. The molecule has 3 N–H and O–H groups in total. The molecule has 20 heavy (non-hydrogen) atoms. The van der Waals surface area contributed by atoms with Crippen molar-refractivity contribution in [1.82, 2.24) is 4.98 Å². The number of benzene rings is 1. The number of nitrogens with two attached hydrogens (primary N) is 1. The van der Waals surface area contributed by atoms with Gasteiger partial charge in [-0.3, -0.25) is 4.79 Å². The minimum absolute atomic E-state index is 0.0426. The lowest BCUT2D eigenvalue weighted by molar-refractivity contribution is 0.102. The number of nitrogen functional groups attached to an aromatic ring is 1. The Morgan fingerprint density at radius 2 is 1.80 bits per heavy atom. The van der Waals surface area contributed by atoms with E-state index in [2.05, 4.69) is 26.2 Å². The molecule has 1 heterocycles. The third kappa shape index (κ3) is 3.35. The van der Waals surface area contributed by atoms with Crippen molar-refractivity contribution in [1.29, 1.82) is 0 Å². The number of halogens is 4. The fourth-order valence-corrected chi connectivity index (χ4v) is 2.96. The van der Waals surface area contributed by atoms with E-state index in [4.69, 9.17) is 40.5 Å². The summed E-state index contributed by atoms with van der Waals surface area (Å²) in [4.78, 5) is 16.0. The Morgan fingerprint density at radius 3 is 2.40 bits per heavy atom. The number of anilines is 2. The SMILES string of the molecule is Nc1cnc(Cl)c(C(=O)Nc2c(Cl)cc(Br)cc2Cl)c1. The van der Waals surface area contributed by atoms with Crippen LogP contribution in [0.3, 0.4) is 0 Å². The first-order valence-corrected chi connectivity index (χ1v) is 7.18. The molecule has 0 spiro atoms. The second-order valence-electron chi connectivity index (χ2n) is 3.81. The first-order valence-electron chi connectivity index (χ1n) is 5.25. The van der Waals surface area contributed by atoms with Gasteiger partial charge in [-0.05, 0) is 18.2 Å². The number of nitrogens with one attached hydrogen (secondary N) is 1. The molecule has 0 aliphatic rings. The van der Waals surface area contributed by atoms with E-state index >= 15 is 0 Å². The number of aromatic nitrogens is 1. The molecule has 2 rings (SSSR count). The highest BCUT2D eigenvalue weighted by Gasteiger charge is 2.16. The number of hydrogen-bond acceptors (Lipinski definition) is 3. The van der Waals surface area contributed by atoms with Crippen LogP contribution in [0.1, 0.15) is 10.4 Å². The third-order valence-electron chi connectivity index (χ3n) is 2.35. The average molecular weight is 395 g/mol. The molecular formula is C12H7BrCl3N3O. The Hall–Kier alpha value is -1.01. The summed E-state index contributed by atoms with van der Waals surface area (Å²) in [6.07, 6.45) is 1.36. The van der Waals surface area contributed by atoms with Crippen molar-refractivity contribution >= 4 is 68.0 Å². The van der Waals surface area contributed by atoms with Gasteiger partial charge in [-0.15, -0.1) is 0 Å². The van der Waals surface area contributed by atoms with Gasteiger partial charge in [-0.1, -0.05) is 50.7 Å². The van der Waals surface area contributed by atoms with Crippen LogP contribution in [0.25, 0.3) is 0 Å². The van der Waals surface area contributed by atoms with Crippen molar-refractivity contribution < 1.29 is 4.79 Å². The molecule has 1 aromatic carbocycles. The predicted molar refractivity (Wildman–Crippen MR) is 85.8 cm³/mol. The Morgan fingerprint density at radius 1 is 1.20 bits per heavy atom. The maximum Gasteiger partial charge on any atom is 0.258 e. The maximum absolute atomic E-state index is 12.2. The van der Waals surface area contributed by atoms with Gasteiger partial charge in [-0.25, -0.2) is 4.98 Å². The largest absolute Gasteiger partial charge is 0.397 e. The van der Waals surface area contributed by atoms with Crippen LogP contribution in [-0.2, 0) is 0 Å². The van der Waals surface area contributed by atoms with Crippen LogP contribution in [0, 0.1) is 0 Å². The molecule has 0 unspecified atom stereocenters. The highest BCUT2D eigenvalue weighted by Crippen LogP contribution is 2.34. The van der Waals surface area contributed by atoms with Gasteiger partial charge < -0.3 is 11.1 Å². The molecule has 0 saturated heterocycles. The molecule has 1 aromatic heterocycles. The van der Waals surface area contributed by atoms with Crippen molar-refractivity contribution in [2.75, 3.05) is 11.1 Å². The summed E-state index contributed by atoms with van der Waals surface area (Å²) >= 11 is 21.2. The van der Waals surface area contributed by atoms with Crippen molar-refractivity contribution in [2.45, 2.75) is 0 Å². The standard InChI is InChI=1S/C12H7BrCl3N3O/c13-5-1-8(14)10(9(15)2-5)19-12(20)7-3-6(17)4-18-11(7)16/h1-4H,17H2,(H,19,20). The predicted octanol–water partition coefficient (Wildman–Crippen LogP) is 4.64. The van der Waals surface area contributed by atoms with Gasteiger partial charge >= 0.3 is 0 Å². The Kier molecular flexibility index (Phi) is 4.75. The van der Waals surface area contributed by atoms with Gasteiger partial charge in [0.2, 0.25) is 0 Å². The van der Waals surface area contributed by atoms with E-state index in [-0.39, 0.29) is 10.7 Å². The molecule has 2 aromatic rings. The Labute approximate surface area is 138 Å². The van der Waals surface area contributed by atoms with Crippen molar-refractivity contribution in [3.05, 3.63) is 49.6 Å². The second-order valence-corrected chi connectivity index (χ2v) is 5.89. The summed E-state index contributed by atoms with van der Waals surface area (Å²) in [6, 6.07) is 4.65. The van der Waals surface area contributed by atoms with Crippen LogP contribution in [-0.4, -0.2) is 10.9 Å². The monoisotopic (exact) mass is 393 g/mol. The molecule has 0 fully saturated rings. The van der Waals surface area contributed by atoms with Gasteiger partial charge in [0, 0.05) is 4.47 Å². The van der Waals surface area contributed by atoms with Crippen LogP contribution >= 0.6 is 50.7 Å². The maximum atomic E-state index is 12.2. The summed E-state index contributed by atoms with van der Waals surface area (Å²) < 4.78 is 0.703. The van der Waals surface area contributed by atoms with Crippen molar-refractivity contribution in [3.63, 3.8) is 0 Å². The summed E-state index contributed by atoms with van der Waals surface area (Å²) in [7, 11) is 0. The van der Waals surface area contributed by atoms with Crippen LogP contribution in [0.5, 0.6) is 0 Å². The molecule has 0 radical (unpaired) electrons. The number of nitrogens with zero attached hydrogens (tertiary/aromatic N) is 1. The fourth-order valence-electron chi connectivity index (χ4n) is 1.47. The lowest BCUT2D eigenvalue weighted by atomic mass is 10.2. The molecule has 0 aliphatic carbocycles. The smallest absolute Gasteiger partial charge is 0.258 e. The lowest BCUT2D eigenvalue weighted by Gasteiger charge is -2.10. The lowest BCUT2D eigenvalue weighted by Crippen LogP contribution is -2.14. The number of carbonyl (C=O) groups excluding carboxylic acids is 1. The van der Waals surface area contributed by atoms with Gasteiger partial charge in [0.05, 0.1) is 33.2 Å². The molecule has 0 saturated carbocycles. The van der Waals surface area contributed by atoms with Crippen LogP contribution in [0.4, 0.5) is 11.4 Å². The minimum atomic E-state index is -0.499.